The average Bonchev–Trinajstić information content (AvgIpc) is 3.53. The zero-order valence-electron chi connectivity index (χ0n) is 24.8. The molecule has 2 N–H and O–H groups in total. The molecule has 1 aromatic carbocycles. The fourth-order valence-electron chi connectivity index (χ4n) is 6.03. The molecule has 11 nitrogen and oxygen atoms in total. The number of nitrogens with one attached hydrogen (secondary N) is 2. The number of nitrogens with zero attached hydrogens (tertiary/aromatic N) is 6. The number of benzene rings is 1. The number of anilines is 1. The number of carbonyl (C=O) groups is 2. The van der Waals surface area contributed by atoms with Crippen molar-refractivity contribution in [1.29, 1.82) is 0 Å². The van der Waals surface area contributed by atoms with Crippen LogP contribution >= 0.6 is 0 Å². The Hall–Kier alpha value is -4.51. The molecule has 4 aromatic rings. The SMILES string of the molecule is C=CC(=O)N[C@@H]1CCCN(Cc2ccc3nc4n(c3c2)CCCCCOc2c(cnn2C)-c2cc(cc(C)n2)C(=O)N4)C1. The van der Waals surface area contributed by atoms with Gasteiger partial charge in [-0.15, -0.1) is 0 Å². The summed E-state index contributed by atoms with van der Waals surface area (Å²) in [5.74, 6) is 0.811. The van der Waals surface area contributed by atoms with Crippen molar-refractivity contribution in [3.8, 4) is 17.1 Å². The van der Waals surface area contributed by atoms with Crippen LogP contribution in [0, 0.1) is 6.92 Å². The molecule has 0 spiro atoms. The summed E-state index contributed by atoms with van der Waals surface area (Å²) >= 11 is 0. The van der Waals surface area contributed by atoms with Crippen molar-refractivity contribution >= 4 is 28.8 Å². The number of aryl methyl sites for hydroxylation is 3. The maximum absolute atomic E-state index is 13.6. The minimum Gasteiger partial charge on any atom is -0.477 e. The van der Waals surface area contributed by atoms with Crippen LogP contribution in [0.25, 0.3) is 22.3 Å². The molecular weight excluding hydrogens is 544 g/mol. The first-order chi connectivity index (χ1) is 20.9. The summed E-state index contributed by atoms with van der Waals surface area (Å²) in [6.45, 7) is 9.28. The molecule has 0 saturated carbocycles. The van der Waals surface area contributed by atoms with Gasteiger partial charge in [-0.3, -0.25) is 24.8 Å². The van der Waals surface area contributed by atoms with Gasteiger partial charge in [0.25, 0.3) is 5.91 Å². The van der Waals surface area contributed by atoms with Gasteiger partial charge >= 0.3 is 0 Å². The fraction of sp³-hybridized carbons (Fsp3) is 0.406. The Morgan fingerprint density at radius 2 is 2.05 bits per heavy atom. The van der Waals surface area contributed by atoms with Gasteiger partial charge in [0.15, 0.2) is 0 Å². The molecular formula is C32H38N8O3. The molecule has 2 aliphatic heterocycles. The number of hydrogen-bond donors (Lipinski definition) is 2. The number of carbonyl (C=O) groups excluding carboxylic acids is 2. The Labute approximate surface area is 250 Å². The van der Waals surface area contributed by atoms with E-state index in [0.29, 0.717) is 36.2 Å². The molecule has 2 amide bonds. The molecule has 2 bridgehead atoms. The van der Waals surface area contributed by atoms with E-state index in [1.165, 1.54) is 11.6 Å². The van der Waals surface area contributed by atoms with Crippen LogP contribution in [0.5, 0.6) is 5.88 Å². The van der Waals surface area contributed by atoms with Gasteiger partial charge in [-0.1, -0.05) is 12.6 Å². The average molecular weight is 583 g/mol. The van der Waals surface area contributed by atoms with Crippen LogP contribution in [0.2, 0.25) is 0 Å². The lowest BCUT2D eigenvalue weighted by Crippen LogP contribution is -2.46. The zero-order valence-corrected chi connectivity index (χ0v) is 24.8. The molecule has 0 radical (unpaired) electrons. The number of amides is 2. The molecule has 0 aliphatic carbocycles. The summed E-state index contributed by atoms with van der Waals surface area (Å²) in [6.07, 6.45) is 7.81. The number of imidazole rings is 1. The molecule has 1 atom stereocenters. The number of aromatic nitrogens is 5. The third-order valence-corrected chi connectivity index (χ3v) is 8.12. The van der Waals surface area contributed by atoms with Crippen LogP contribution in [0.15, 0.2) is 49.2 Å². The maximum Gasteiger partial charge on any atom is 0.258 e. The van der Waals surface area contributed by atoms with E-state index in [1.54, 1.807) is 23.0 Å². The van der Waals surface area contributed by atoms with Crippen molar-refractivity contribution in [2.75, 3.05) is 25.0 Å². The number of ether oxygens (including phenoxy) is 1. The minimum absolute atomic E-state index is 0.122. The van der Waals surface area contributed by atoms with Gasteiger partial charge in [-0.25, -0.2) is 9.67 Å². The second-order valence-corrected chi connectivity index (χ2v) is 11.4. The Morgan fingerprint density at radius 1 is 1.16 bits per heavy atom. The van der Waals surface area contributed by atoms with Gasteiger partial charge in [-0.05, 0) is 81.5 Å². The van der Waals surface area contributed by atoms with E-state index in [2.05, 4.69) is 48.9 Å². The molecule has 1 fully saturated rings. The van der Waals surface area contributed by atoms with Crippen molar-refractivity contribution in [2.45, 2.75) is 58.2 Å². The van der Waals surface area contributed by atoms with Crippen LogP contribution in [0.1, 0.15) is 53.7 Å². The predicted octanol–water partition coefficient (Wildman–Crippen LogP) is 4.22. The van der Waals surface area contributed by atoms with E-state index in [4.69, 9.17) is 9.72 Å². The third kappa shape index (κ3) is 6.31. The van der Waals surface area contributed by atoms with Crippen molar-refractivity contribution in [2.24, 2.45) is 7.05 Å². The lowest BCUT2D eigenvalue weighted by Gasteiger charge is -2.33. The molecule has 11 heteroatoms. The monoisotopic (exact) mass is 582 g/mol. The predicted molar refractivity (Wildman–Crippen MR) is 165 cm³/mol. The Balaban J connectivity index is 1.29. The smallest absolute Gasteiger partial charge is 0.258 e. The minimum atomic E-state index is -0.245. The highest BCUT2D eigenvalue weighted by Gasteiger charge is 2.22. The molecule has 2 aliphatic rings. The first kappa shape index (κ1) is 28.6. The molecule has 3 aromatic heterocycles. The number of piperidine rings is 1. The fourth-order valence-corrected chi connectivity index (χ4v) is 6.03. The number of fused-ring (bicyclic) bond motifs is 7. The van der Waals surface area contributed by atoms with Gasteiger partial charge in [0.05, 0.1) is 35.1 Å². The summed E-state index contributed by atoms with van der Waals surface area (Å²) in [7, 11) is 1.85. The summed E-state index contributed by atoms with van der Waals surface area (Å²) in [5.41, 5.74) is 5.63. The Kier molecular flexibility index (Phi) is 8.24. The standard InChI is InChI=1S/C32H38N8O3/c1-4-29(41)35-24-9-8-12-39(20-24)19-22-10-11-26-28(16-22)40-13-6-5-7-14-43-31-25(18-33-38(31)3)27-17-23(15-21(2)34-27)30(42)37-32(40)36-26/h4,10-11,15-18,24H,1,5-9,12-14,19-20H2,2-3H3,(H,35,41)(H,36,37,42)/t24-/m1/s1. The largest absolute Gasteiger partial charge is 0.477 e. The van der Waals surface area contributed by atoms with Crippen LogP contribution in [0.4, 0.5) is 5.95 Å². The lowest BCUT2D eigenvalue weighted by molar-refractivity contribution is -0.117. The van der Waals surface area contributed by atoms with Crippen LogP contribution in [0.3, 0.4) is 0 Å². The lowest BCUT2D eigenvalue weighted by atomic mass is 10.0. The highest BCUT2D eigenvalue weighted by molar-refractivity contribution is 6.04. The van der Waals surface area contributed by atoms with E-state index in [9.17, 15) is 9.59 Å². The molecule has 43 heavy (non-hydrogen) atoms. The number of hydrogen-bond acceptors (Lipinski definition) is 7. The molecule has 0 unspecified atom stereocenters. The van der Waals surface area contributed by atoms with Gasteiger partial charge in [0.1, 0.15) is 0 Å². The second kappa shape index (κ2) is 12.4. The normalized spacial score (nSPS) is 18.0. The van der Waals surface area contributed by atoms with Crippen molar-refractivity contribution in [3.63, 3.8) is 0 Å². The van der Waals surface area contributed by atoms with Gasteiger partial charge in [0.2, 0.25) is 17.7 Å². The van der Waals surface area contributed by atoms with Gasteiger partial charge in [0, 0.05) is 44.0 Å². The second-order valence-electron chi connectivity index (χ2n) is 11.4. The highest BCUT2D eigenvalue weighted by atomic mass is 16.5. The van der Waals surface area contributed by atoms with Gasteiger partial charge < -0.3 is 14.6 Å². The quantitative estimate of drug-likeness (QED) is 0.346. The number of likely N-dealkylation sites (tertiary alicyclic amines) is 1. The van der Waals surface area contributed by atoms with E-state index < -0.39 is 0 Å². The maximum atomic E-state index is 13.6. The topological polar surface area (TPSA) is 119 Å². The highest BCUT2D eigenvalue weighted by Crippen LogP contribution is 2.30. The van der Waals surface area contributed by atoms with Crippen molar-refractivity contribution < 1.29 is 14.3 Å². The van der Waals surface area contributed by atoms with Crippen molar-refractivity contribution in [3.05, 3.63) is 66.0 Å². The van der Waals surface area contributed by atoms with Crippen molar-refractivity contribution in [1.82, 2.24) is 34.5 Å². The first-order valence-electron chi connectivity index (χ1n) is 15.0. The van der Waals surface area contributed by atoms with E-state index >= 15 is 0 Å². The molecule has 6 rings (SSSR count). The zero-order chi connectivity index (χ0) is 29.9. The summed E-state index contributed by atoms with van der Waals surface area (Å²) in [5, 5.41) is 10.5. The number of pyridine rings is 1. The van der Waals surface area contributed by atoms with E-state index in [0.717, 1.165) is 74.0 Å². The Morgan fingerprint density at radius 3 is 2.91 bits per heavy atom. The van der Waals surface area contributed by atoms with Gasteiger partial charge in [-0.2, -0.15) is 5.10 Å². The van der Waals surface area contributed by atoms with E-state index in [1.807, 2.05) is 20.0 Å². The third-order valence-electron chi connectivity index (χ3n) is 8.12. The summed E-state index contributed by atoms with van der Waals surface area (Å²) < 4.78 is 9.98. The van der Waals surface area contributed by atoms with Crippen LogP contribution in [-0.4, -0.2) is 66.8 Å². The summed E-state index contributed by atoms with van der Waals surface area (Å²) in [4.78, 5) is 37.3. The van der Waals surface area contributed by atoms with E-state index in [-0.39, 0.29) is 17.9 Å². The molecule has 1 saturated heterocycles. The molecule has 224 valence electrons. The first-order valence-corrected chi connectivity index (χ1v) is 15.0. The Bertz CT molecular complexity index is 1670. The summed E-state index contributed by atoms with van der Waals surface area (Å²) in [6, 6.07) is 9.99. The number of rotatable bonds is 4. The van der Waals surface area contributed by atoms with Crippen LogP contribution < -0.4 is 15.4 Å². The van der Waals surface area contributed by atoms with Crippen LogP contribution in [-0.2, 0) is 24.9 Å². The molecule has 5 heterocycles.